The molecule has 0 N–H and O–H groups in total. The maximum absolute atomic E-state index is 17.2. The fourth-order valence-electron chi connectivity index (χ4n) is 8.79. The summed E-state index contributed by atoms with van der Waals surface area (Å²) in [4.78, 5) is 39.2. The second-order valence-corrected chi connectivity index (χ2v) is 17.4. The molecule has 0 spiro atoms. The van der Waals surface area contributed by atoms with Gasteiger partial charge in [0.2, 0.25) is 0 Å². The Kier molecular flexibility index (Phi) is 12.0. The summed E-state index contributed by atoms with van der Waals surface area (Å²) in [5.41, 5.74) is -0.0548. The number of amides is 1. The predicted molar refractivity (Wildman–Crippen MR) is 230 cm³/mol. The van der Waals surface area contributed by atoms with E-state index >= 15 is 8.78 Å². The van der Waals surface area contributed by atoms with Crippen LogP contribution in [0.15, 0.2) is 66.9 Å². The van der Waals surface area contributed by atoms with Gasteiger partial charge in [0.15, 0.2) is 11.6 Å². The van der Waals surface area contributed by atoms with Crippen molar-refractivity contribution < 1.29 is 36.9 Å². The Morgan fingerprint density at radius 1 is 0.887 bits per heavy atom. The SMILES string of the molecule is COc1ccc(CN(Cc2ccc(OC)cc2)c2ccc(F)c(-c3ncc4c(N(C)[C@@H]5CCN(C(=O)OC(C)(C)C)C5)nc(OC[C@@]56CCCN5C[C@H](F)C6)nc4c3F)n2)cc1. The van der Waals surface area contributed by atoms with E-state index in [-0.39, 0.29) is 40.9 Å². The van der Waals surface area contributed by atoms with Gasteiger partial charge in [-0.2, -0.15) is 9.97 Å². The number of likely N-dealkylation sites (tertiary alicyclic amines) is 1. The molecule has 3 aliphatic heterocycles. The average molecular weight is 855 g/mol. The van der Waals surface area contributed by atoms with E-state index in [0.717, 1.165) is 30.5 Å². The molecule has 0 saturated carbocycles. The van der Waals surface area contributed by atoms with E-state index in [1.54, 1.807) is 25.2 Å². The van der Waals surface area contributed by atoms with Crippen molar-refractivity contribution in [2.75, 3.05) is 63.9 Å². The fourth-order valence-corrected chi connectivity index (χ4v) is 8.79. The number of hydrogen-bond donors (Lipinski definition) is 0. The number of aromatic nitrogens is 4. The maximum Gasteiger partial charge on any atom is 0.410 e. The van der Waals surface area contributed by atoms with E-state index < -0.39 is 35.0 Å². The minimum absolute atomic E-state index is 0.103. The number of ether oxygens (including phenoxy) is 4. The Bertz CT molecular complexity index is 2350. The lowest BCUT2D eigenvalue weighted by atomic mass is 9.95. The number of halogens is 3. The molecule has 3 aliphatic rings. The average Bonchev–Trinajstić information content (AvgIpc) is 3.98. The summed E-state index contributed by atoms with van der Waals surface area (Å²) < 4.78 is 70.6. The number of pyridine rings is 2. The van der Waals surface area contributed by atoms with Gasteiger partial charge in [0.25, 0.3) is 0 Å². The molecule has 3 saturated heterocycles. The number of rotatable bonds is 13. The molecule has 1 amide bonds. The van der Waals surface area contributed by atoms with Gasteiger partial charge in [0.1, 0.15) is 58.4 Å². The van der Waals surface area contributed by atoms with Gasteiger partial charge in [-0.25, -0.2) is 22.9 Å². The Labute approximate surface area is 359 Å². The van der Waals surface area contributed by atoms with Gasteiger partial charge in [-0.15, -0.1) is 0 Å². The van der Waals surface area contributed by atoms with Crippen molar-refractivity contribution in [2.24, 2.45) is 0 Å². The fraction of sp³-hybridized carbons (Fsp3) is 0.457. The summed E-state index contributed by atoms with van der Waals surface area (Å²) in [6, 6.07) is 17.7. The highest BCUT2D eigenvalue weighted by molar-refractivity contribution is 5.92. The first-order valence-electron chi connectivity index (χ1n) is 21.0. The van der Waals surface area contributed by atoms with Crippen molar-refractivity contribution in [3.05, 3.63) is 89.6 Å². The lowest BCUT2D eigenvalue weighted by Gasteiger charge is -2.31. The third-order valence-corrected chi connectivity index (χ3v) is 12.0. The number of hydrogen-bond acceptors (Lipinski definition) is 12. The van der Waals surface area contributed by atoms with E-state index in [1.807, 2.05) is 86.1 Å². The van der Waals surface area contributed by atoms with Crippen LogP contribution < -0.4 is 24.0 Å². The molecule has 6 heterocycles. The molecule has 3 aromatic heterocycles. The zero-order chi connectivity index (χ0) is 43.8. The molecule has 3 atom stereocenters. The van der Waals surface area contributed by atoms with E-state index in [9.17, 15) is 9.18 Å². The predicted octanol–water partition coefficient (Wildman–Crippen LogP) is 7.99. The summed E-state index contributed by atoms with van der Waals surface area (Å²) >= 11 is 0. The summed E-state index contributed by atoms with van der Waals surface area (Å²) in [6.45, 7) is 8.24. The van der Waals surface area contributed by atoms with Crippen molar-refractivity contribution >= 4 is 28.6 Å². The Morgan fingerprint density at radius 3 is 2.21 bits per heavy atom. The minimum atomic E-state index is -0.971. The van der Waals surface area contributed by atoms with Crippen LogP contribution in [0.5, 0.6) is 17.5 Å². The highest BCUT2D eigenvalue weighted by atomic mass is 19.1. The molecule has 16 heteroatoms. The van der Waals surface area contributed by atoms with Crippen LogP contribution in [-0.4, -0.2) is 113 Å². The molecule has 0 aliphatic carbocycles. The van der Waals surface area contributed by atoms with E-state index in [4.69, 9.17) is 28.9 Å². The number of methoxy groups -OCH3 is 2. The molecule has 0 unspecified atom stereocenters. The number of anilines is 2. The maximum atomic E-state index is 17.2. The number of likely N-dealkylation sites (N-methyl/N-ethyl adjacent to an activating group) is 1. The van der Waals surface area contributed by atoms with Crippen molar-refractivity contribution in [3.63, 3.8) is 0 Å². The number of fused-ring (bicyclic) bond motifs is 2. The summed E-state index contributed by atoms with van der Waals surface area (Å²) in [5.74, 6) is 0.451. The molecule has 5 aromatic rings. The van der Waals surface area contributed by atoms with Crippen molar-refractivity contribution in [1.29, 1.82) is 0 Å². The zero-order valence-electron chi connectivity index (χ0n) is 36.0. The summed E-state index contributed by atoms with van der Waals surface area (Å²) in [7, 11) is 5.02. The highest BCUT2D eigenvalue weighted by Crippen LogP contribution is 2.41. The lowest BCUT2D eigenvalue weighted by molar-refractivity contribution is 0.0292. The summed E-state index contributed by atoms with van der Waals surface area (Å²) in [6.07, 6.45) is 2.62. The van der Waals surface area contributed by atoms with Gasteiger partial charge in [0.05, 0.1) is 25.1 Å². The van der Waals surface area contributed by atoms with Crippen molar-refractivity contribution in [3.8, 4) is 28.9 Å². The Hall–Kier alpha value is -5.90. The monoisotopic (exact) mass is 854 g/mol. The first-order chi connectivity index (χ1) is 29.7. The minimum Gasteiger partial charge on any atom is -0.497 e. The van der Waals surface area contributed by atoms with Crippen molar-refractivity contribution in [2.45, 2.75) is 82.9 Å². The van der Waals surface area contributed by atoms with E-state index in [1.165, 1.54) is 12.3 Å². The molecule has 0 radical (unpaired) electrons. The van der Waals surface area contributed by atoms with Crippen LogP contribution in [-0.2, 0) is 17.8 Å². The highest BCUT2D eigenvalue weighted by Gasteiger charge is 2.49. The second-order valence-electron chi connectivity index (χ2n) is 17.4. The molecule has 2 aromatic carbocycles. The van der Waals surface area contributed by atoms with Crippen LogP contribution in [0.4, 0.5) is 29.6 Å². The largest absolute Gasteiger partial charge is 0.497 e. The quantitative estimate of drug-likeness (QED) is 0.114. The van der Waals surface area contributed by atoms with Crippen LogP contribution in [0.3, 0.4) is 0 Å². The van der Waals surface area contributed by atoms with Crippen molar-refractivity contribution in [1.82, 2.24) is 29.7 Å². The summed E-state index contributed by atoms with van der Waals surface area (Å²) in [5, 5.41) is 0.263. The van der Waals surface area contributed by atoms with Gasteiger partial charge in [-0.05, 0) is 94.1 Å². The van der Waals surface area contributed by atoms with Crippen LogP contribution in [0.1, 0.15) is 57.6 Å². The molecule has 328 valence electrons. The molecule has 0 bridgehead atoms. The van der Waals surface area contributed by atoms with Gasteiger partial charge in [-0.1, -0.05) is 24.3 Å². The molecule has 62 heavy (non-hydrogen) atoms. The third kappa shape index (κ3) is 9.01. The second kappa shape index (κ2) is 17.5. The molecule has 8 rings (SSSR count). The van der Waals surface area contributed by atoms with Gasteiger partial charge in [0, 0.05) is 58.4 Å². The zero-order valence-corrected chi connectivity index (χ0v) is 36.0. The van der Waals surface area contributed by atoms with Crippen LogP contribution in [0.25, 0.3) is 22.3 Å². The topological polar surface area (TPSA) is 119 Å². The number of alkyl halides is 1. The lowest BCUT2D eigenvalue weighted by Crippen LogP contribution is -2.43. The van der Waals surface area contributed by atoms with E-state index in [0.29, 0.717) is 68.7 Å². The number of benzene rings is 2. The molecular weight excluding hydrogens is 802 g/mol. The normalized spacial score (nSPS) is 20.0. The first kappa shape index (κ1) is 42.8. The van der Waals surface area contributed by atoms with Crippen LogP contribution in [0, 0.1) is 11.6 Å². The Balaban J connectivity index is 1.16. The third-order valence-electron chi connectivity index (χ3n) is 12.0. The van der Waals surface area contributed by atoms with Gasteiger partial charge >= 0.3 is 12.1 Å². The molecular formula is C46H53F3N8O5. The standard InChI is InChI=1S/C46H53F3N8O5/c1-45(2,3)62-44(58)55-21-18-32(27-55)54(4)42-35-23-50-41(38(49)39(35)52-43(53-42)61-28-46-19-7-20-57(46)26-31(47)22-46)40-36(48)16-17-37(51-40)56(24-29-8-12-33(59-5)13-9-29)25-30-10-14-34(60-6)15-11-30/h8-17,23,31-32H,7,18-22,24-28H2,1-6H3/t31-,32-,46+/m1/s1. The molecule has 3 fully saturated rings. The van der Waals surface area contributed by atoms with E-state index in [2.05, 4.69) is 14.9 Å². The van der Waals surface area contributed by atoms with Gasteiger partial charge in [-0.3, -0.25) is 9.88 Å². The number of nitrogens with zero attached hydrogens (tertiary/aromatic N) is 8. The van der Waals surface area contributed by atoms with Crippen LogP contribution in [0.2, 0.25) is 0 Å². The number of carbonyl (C=O) groups is 1. The first-order valence-corrected chi connectivity index (χ1v) is 21.0. The molecule has 13 nitrogen and oxygen atoms in total. The smallest absolute Gasteiger partial charge is 0.410 e. The number of carbonyl (C=O) groups excluding carboxylic acids is 1. The van der Waals surface area contributed by atoms with Crippen LogP contribution >= 0.6 is 0 Å². The van der Waals surface area contributed by atoms with Gasteiger partial charge < -0.3 is 33.6 Å². The Morgan fingerprint density at radius 2 is 1.56 bits per heavy atom.